The molecule has 7 heteroatoms. The fraction of sp³-hybridized carbons (Fsp3) is 0.500. The van der Waals surface area contributed by atoms with Crippen LogP contribution in [0.3, 0.4) is 0 Å². The molecule has 2 atom stereocenters. The Labute approximate surface area is 147 Å². The van der Waals surface area contributed by atoms with Crippen LogP contribution in [0.4, 0.5) is 4.79 Å². The Hall–Kier alpha value is -2.25. The second-order valence-electron chi connectivity index (χ2n) is 6.25. The summed E-state index contributed by atoms with van der Waals surface area (Å²) in [4.78, 5) is 14.4. The van der Waals surface area contributed by atoms with E-state index in [9.17, 15) is 9.90 Å². The number of rotatable bonds is 7. The summed E-state index contributed by atoms with van der Waals surface area (Å²) >= 11 is 0. The lowest BCUT2D eigenvalue weighted by atomic mass is 10.1. The standard InChI is InChI=1S/C18H25N3O4/c22-15(17-7-5-11-25-17)13-20-18(23)19-12-14(16-6-4-10-24-16)21-8-2-1-3-9-21/h4-7,10-11,14-15,22H,1-3,8-9,12-13H2,(H2,19,20,23). The largest absolute Gasteiger partial charge is 0.468 e. The van der Waals surface area contributed by atoms with Crippen LogP contribution in [0.15, 0.2) is 45.6 Å². The quantitative estimate of drug-likeness (QED) is 0.716. The molecule has 0 aliphatic carbocycles. The second kappa shape index (κ2) is 8.73. The van der Waals surface area contributed by atoms with Gasteiger partial charge < -0.3 is 24.6 Å². The van der Waals surface area contributed by atoms with Crippen molar-refractivity contribution >= 4 is 6.03 Å². The van der Waals surface area contributed by atoms with Crippen LogP contribution < -0.4 is 10.6 Å². The molecule has 25 heavy (non-hydrogen) atoms. The molecule has 1 saturated heterocycles. The lowest BCUT2D eigenvalue weighted by Crippen LogP contribution is -2.44. The number of furan rings is 2. The van der Waals surface area contributed by atoms with E-state index in [4.69, 9.17) is 8.83 Å². The Kier molecular flexibility index (Phi) is 6.14. The van der Waals surface area contributed by atoms with E-state index in [1.807, 2.05) is 12.1 Å². The highest BCUT2D eigenvalue weighted by molar-refractivity contribution is 5.73. The number of urea groups is 1. The molecular formula is C18H25N3O4. The molecule has 1 fully saturated rings. The van der Waals surface area contributed by atoms with Gasteiger partial charge in [-0.1, -0.05) is 6.42 Å². The van der Waals surface area contributed by atoms with Gasteiger partial charge in [-0.15, -0.1) is 0 Å². The molecule has 0 radical (unpaired) electrons. The van der Waals surface area contributed by atoms with Crippen LogP contribution in [0.2, 0.25) is 0 Å². The maximum absolute atomic E-state index is 12.1. The summed E-state index contributed by atoms with van der Waals surface area (Å²) in [6.45, 7) is 2.56. The predicted octanol–water partition coefficient (Wildman–Crippen LogP) is 2.43. The van der Waals surface area contributed by atoms with Gasteiger partial charge in [0.1, 0.15) is 17.6 Å². The van der Waals surface area contributed by atoms with Gasteiger partial charge in [-0.3, -0.25) is 4.90 Å². The minimum absolute atomic E-state index is 0.0241. The second-order valence-corrected chi connectivity index (χ2v) is 6.25. The number of piperidine rings is 1. The fourth-order valence-corrected chi connectivity index (χ4v) is 3.14. The first-order valence-electron chi connectivity index (χ1n) is 8.74. The van der Waals surface area contributed by atoms with E-state index in [1.165, 1.54) is 25.5 Å². The molecule has 2 unspecified atom stereocenters. The van der Waals surface area contributed by atoms with Gasteiger partial charge in [-0.25, -0.2) is 4.79 Å². The molecule has 7 nitrogen and oxygen atoms in total. The van der Waals surface area contributed by atoms with E-state index in [-0.39, 0.29) is 18.6 Å². The molecule has 3 N–H and O–H groups in total. The molecule has 0 aromatic carbocycles. The summed E-state index contributed by atoms with van der Waals surface area (Å²) < 4.78 is 10.7. The number of aliphatic hydroxyl groups is 1. The first-order chi connectivity index (χ1) is 12.2. The van der Waals surface area contributed by atoms with Gasteiger partial charge in [-0.05, 0) is 50.2 Å². The van der Waals surface area contributed by atoms with Crippen LogP contribution in [0.5, 0.6) is 0 Å². The molecule has 1 aliphatic rings. The summed E-state index contributed by atoms with van der Waals surface area (Å²) in [7, 11) is 0. The summed E-state index contributed by atoms with van der Waals surface area (Å²) in [6.07, 6.45) is 5.87. The molecule has 2 amide bonds. The third-order valence-corrected chi connectivity index (χ3v) is 4.49. The van der Waals surface area contributed by atoms with Crippen molar-refractivity contribution in [3.63, 3.8) is 0 Å². The number of nitrogens with one attached hydrogen (secondary N) is 2. The van der Waals surface area contributed by atoms with Gasteiger partial charge >= 0.3 is 6.03 Å². The van der Waals surface area contributed by atoms with Gasteiger partial charge in [-0.2, -0.15) is 0 Å². The lowest BCUT2D eigenvalue weighted by Gasteiger charge is -2.33. The van der Waals surface area contributed by atoms with Crippen molar-refractivity contribution in [2.45, 2.75) is 31.4 Å². The van der Waals surface area contributed by atoms with Crippen molar-refractivity contribution in [1.82, 2.24) is 15.5 Å². The van der Waals surface area contributed by atoms with Gasteiger partial charge in [0.2, 0.25) is 0 Å². The van der Waals surface area contributed by atoms with Crippen LogP contribution in [0, 0.1) is 0 Å². The van der Waals surface area contributed by atoms with E-state index in [0.717, 1.165) is 18.8 Å². The average molecular weight is 347 g/mol. The predicted molar refractivity (Wildman–Crippen MR) is 91.9 cm³/mol. The Morgan fingerprint density at radius 1 is 1.04 bits per heavy atom. The third kappa shape index (κ3) is 4.87. The van der Waals surface area contributed by atoms with Gasteiger partial charge in [0.05, 0.1) is 25.1 Å². The molecule has 2 aromatic heterocycles. The van der Waals surface area contributed by atoms with Crippen molar-refractivity contribution in [2.75, 3.05) is 26.2 Å². The number of likely N-dealkylation sites (tertiary alicyclic amines) is 1. The Balaban J connectivity index is 1.49. The molecule has 0 saturated carbocycles. The highest BCUT2D eigenvalue weighted by Crippen LogP contribution is 2.24. The first kappa shape index (κ1) is 17.6. The van der Waals surface area contributed by atoms with Crippen LogP contribution in [-0.2, 0) is 0 Å². The zero-order chi connectivity index (χ0) is 17.5. The monoisotopic (exact) mass is 347 g/mol. The number of carbonyl (C=O) groups excluding carboxylic acids is 1. The third-order valence-electron chi connectivity index (χ3n) is 4.49. The lowest BCUT2D eigenvalue weighted by molar-refractivity contribution is 0.139. The van der Waals surface area contributed by atoms with Crippen LogP contribution in [-0.4, -0.2) is 42.2 Å². The van der Waals surface area contributed by atoms with Crippen LogP contribution in [0.25, 0.3) is 0 Å². The highest BCUT2D eigenvalue weighted by atomic mass is 16.4. The molecule has 0 spiro atoms. The van der Waals surface area contributed by atoms with Crippen molar-refractivity contribution in [1.29, 1.82) is 0 Å². The Bertz CT molecular complexity index is 621. The van der Waals surface area contributed by atoms with E-state index >= 15 is 0 Å². The summed E-state index contributed by atoms with van der Waals surface area (Å²) in [5.41, 5.74) is 0. The molecule has 1 aliphatic heterocycles. The van der Waals surface area contributed by atoms with Crippen molar-refractivity contribution in [3.05, 3.63) is 48.3 Å². The number of carbonyl (C=O) groups is 1. The van der Waals surface area contributed by atoms with Gasteiger partial charge in [0, 0.05) is 6.54 Å². The molecule has 136 valence electrons. The van der Waals surface area contributed by atoms with Crippen molar-refractivity contribution < 1.29 is 18.7 Å². The molecule has 0 bridgehead atoms. The molecular weight excluding hydrogens is 322 g/mol. The van der Waals surface area contributed by atoms with Gasteiger partial charge in [0.25, 0.3) is 0 Å². The maximum Gasteiger partial charge on any atom is 0.314 e. The van der Waals surface area contributed by atoms with Crippen LogP contribution >= 0.6 is 0 Å². The number of nitrogens with zero attached hydrogens (tertiary/aromatic N) is 1. The molecule has 3 rings (SSSR count). The Morgan fingerprint density at radius 2 is 1.68 bits per heavy atom. The number of hydrogen-bond donors (Lipinski definition) is 3. The number of amides is 2. The van der Waals surface area contributed by atoms with Crippen molar-refractivity contribution in [3.8, 4) is 0 Å². The minimum Gasteiger partial charge on any atom is -0.468 e. The van der Waals surface area contributed by atoms with E-state index in [2.05, 4.69) is 15.5 Å². The SMILES string of the molecule is O=C(NCC(O)c1ccco1)NCC(c1ccco1)N1CCCCC1. The normalized spacial score (nSPS) is 17.8. The van der Waals surface area contributed by atoms with E-state index in [0.29, 0.717) is 12.3 Å². The zero-order valence-electron chi connectivity index (χ0n) is 14.2. The van der Waals surface area contributed by atoms with Crippen molar-refractivity contribution in [2.24, 2.45) is 0 Å². The molecule has 3 heterocycles. The summed E-state index contributed by atoms with van der Waals surface area (Å²) in [5, 5.41) is 15.5. The van der Waals surface area contributed by atoms with E-state index < -0.39 is 6.10 Å². The fourth-order valence-electron chi connectivity index (χ4n) is 3.14. The van der Waals surface area contributed by atoms with E-state index in [1.54, 1.807) is 18.4 Å². The smallest absolute Gasteiger partial charge is 0.314 e. The number of aliphatic hydroxyl groups excluding tert-OH is 1. The molecule has 2 aromatic rings. The van der Waals surface area contributed by atoms with Crippen LogP contribution in [0.1, 0.15) is 42.9 Å². The minimum atomic E-state index is -0.858. The Morgan fingerprint density at radius 3 is 2.32 bits per heavy atom. The summed E-state index contributed by atoms with van der Waals surface area (Å²) in [6, 6.07) is 6.89. The van der Waals surface area contributed by atoms with Gasteiger partial charge in [0.15, 0.2) is 0 Å². The zero-order valence-corrected chi connectivity index (χ0v) is 14.2. The topological polar surface area (TPSA) is 90.9 Å². The number of hydrogen-bond acceptors (Lipinski definition) is 5. The summed E-state index contributed by atoms with van der Waals surface area (Å²) in [5.74, 6) is 1.29. The first-order valence-corrected chi connectivity index (χ1v) is 8.74. The maximum atomic E-state index is 12.1. The average Bonchev–Trinajstić information content (AvgIpc) is 3.34. The highest BCUT2D eigenvalue weighted by Gasteiger charge is 2.25.